The molecule has 0 bridgehead atoms. The summed E-state index contributed by atoms with van der Waals surface area (Å²) in [5, 5.41) is 7.12. The van der Waals surface area contributed by atoms with Crippen LogP contribution in [-0.4, -0.2) is 29.2 Å². The van der Waals surface area contributed by atoms with Crippen molar-refractivity contribution in [2.75, 3.05) is 0 Å². The summed E-state index contributed by atoms with van der Waals surface area (Å²) in [5.41, 5.74) is 10.6. The number of amides is 1. The van der Waals surface area contributed by atoms with Gasteiger partial charge in [-0.1, -0.05) is 0 Å². The normalized spacial score (nSPS) is 24.5. The molecule has 0 aromatic rings. The molecule has 8 heteroatoms. The van der Waals surface area contributed by atoms with E-state index in [2.05, 4.69) is 0 Å². The van der Waals surface area contributed by atoms with E-state index in [1.54, 1.807) is 0 Å². The number of halogens is 3. The minimum atomic E-state index is -5.08. The first-order valence-corrected chi connectivity index (χ1v) is 4.49. The van der Waals surface area contributed by atoms with Gasteiger partial charge in [-0.05, 0) is 19.3 Å². The van der Waals surface area contributed by atoms with Gasteiger partial charge in [-0.3, -0.25) is 4.79 Å². The van der Waals surface area contributed by atoms with Gasteiger partial charge in [0.1, 0.15) is 0 Å². The van der Waals surface area contributed by atoms with E-state index in [1.165, 1.54) is 0 Å². The van der Waals surface area contributed by atoms with Crippen molar-refractivity contribution in [3.05, 3.63) is 0 Å². The van der Waals surface area contributed by atoms with Gasteiger partial charge in [0.25, 0.3) is 0 Å². The van der Waals surface area contributed by atoms with Crippen molar-refractivity contribution < 1.29 is 27.9 Å². The topological polar surface area (TPSA) is 106 Å². The van der Waals surface area contributed by atoms with Crippen LogP contribution in [0.4, 0.5) is 13.2 Å². The Bertz CT molecular complexity index is 268. The first-order chi connectivity index (χ1) is 7.14. The van der Waals surface area contributed by atoms with Gasteiger partial charge in [0, 0.05) is 12.0 Å². The highest BCUT2D eigenvalue weighted by Crippen LogP contribution is 2.23. The Morgan fingerprint density at radius 2 is 1.69 bits per heavy atom. The summed E-state index contributed by atoms with van der Waals surface area (Å²) < 4.78 is 31.7. The Labute approximate surface area is 89.6 Å². The lowest BCUT2D eigenvalue weighted by atomic mass is 10.1. The molecule has 0 aromatic heterocycles. The number of carboxylic acids is 1. The summed E-state index contributed by atoms with van der Waals surface area (Å²) in [4.78, 5) is 19.4. The smallest absolute Gasteiger partial charge is 0.475 e. The molecule has 0 saturated heterocycles. The average molecular weight is 242 g/mol. The summed E-state index contributed by atoms with van der Waals surface area (Å²) in [6.07, 6.45) is -2.46. The highest BCUT2D eigenvalue weighted by molar-refractivity contribution is 5.77. The molecular formula is C8H13F3N2O3. The second-order valence-corrected chi connectivity index (χ2v) is 3.48. The Hall–Kier alpha value is -1.31. The van der Waals surface area contributed by atoms with Crippen LogP contribution in [0.25, 0.3) is 0 Å². The second-order valence-electron chi connectivity index (χ2n) is 3.48. The number of hydrogen-bond acceptors (Lipinski definition) is 3. The van der Waals surface area contributed by atoms with Crippen LogP contribution in [0.15, 0.2) is 0 Å². The number of hydrogen-bond donors (Lipinski definition) is 3. The largest absolute Gasteiger partial charge is 0.490 e. The zero-order valence-electron chi connectivity index (χ0n) is 8.33. The lowest BCUT2D eigenvalue weighted by Crippen LogP contribution is -2.23. The number of alkyl halides is 3. The number of primary amides is 1. The third-order valence-electron chi connectivity index (χ3n) is 2.12. The molecule has 16 heavy (non-hydrogen) atoms. The van der Waals surface area contributed by atoms with Gasteiger partial charge in [-0.25, -0.2) is 4.79 Å². The van der Waals surface area contributed by atoms with Crippen molar-refractivity contribution in [1.29, 1.82) is 0 Å². The van der Waals surface area contributed by atoms with Gasteiger partial charge in [-0.15, -0.1) is 0 Å². The molecule has 1 fully saturated rings. The van der Waals surface area contributed by atoms with Gasteiger partial charge >= 0.3 is 12.1 Å². The van der Waals surface area contributed by atoms with Crippen molar-refractivity contribution in [2.24, 2.45) is 17.4 Å². The van der Waals surface area contributed by atoms with E-state index in [0.29, 0.717) is 0 Å². The summed E-state index contributed by atoms with van der Waals surface area (Å²) >= 11 is 0. The molecule has 0 radical (unpaired) electrons. The van der Waals surface area contributed by atoms with Crippen LogP contribution in [-0.2, 0) is 9.59 Å². The van der Waals surface area contributed by atoms with Crippen LogP contribution < -0.4 is 11.5 Å². The lowest BCUT2D eigenvalue weighted by molar-refractivity contribution is -0.192. The third kappa shape index (κ3) is 5.54. The molecule has 1 aliphatic carbocycles. The molecule has 0 heterocycles. The first kappa shape index (κ1) is 14.7. The summed E-state index contributed by atoms with van der Waals surface area (Å²) in [5.74, 6) is -2.89. The Morgan fingerprint density at radius 1 is 1.25 bits per heavy atom. The van der Waals surface area contributed by atoms with E-state index >= 15 is 0 Å². The summed E-state index contributed by atoms with van der Waals surface area (Å²) in [6.45, 7) is 0. The Kier molecular flexibility index (Phi) is 5.22. The van der Waals surface area contributed by atoms with Gasteiger partial charge in [0.05, 0.1) is 0 Å². The van der Waals surface area contributed by atoms with Crippen LogP contribution in [0, 0.1) is 5.92 Å². The zero-order chi connectivity index (χ0) is 12.9. The van der Waals surface area contributed by atoms with E-state index in [-0.39, 0.29) is 17.9 Å². The van der Waals surface area contributed by atoms with E-state index in [0.717, 1.165) is 19.3 Å². The molecule has 2 atom stereocenters. The predicted octanol–water partition coefficient (Wildman–Crippen LogP) is 0.232. The highest BCUT2D eigenvalue weighted by Gasteiger charge is 2.38. The molecule has 0 unspecified atom stereocenters. The number of nitrogens with two attached hydrogens (primary N) is 2. The molecule has 0 spiro atoms. The summed E-state index contributed by atoms with van der Waals surface area (Å²) in [7, 11) is 0. The van der Waals surface area contributed by atoms with Gasteiger partial charge in [-0.2, -0.15) is 13.2 Å². The maximum absolute atomic E-state index is 10.6. The monoisotopic (exact) mass is 242 g/mol. The quantitative estimate of drug-likeness (QED) is 0.611. The maximum Gasteiger partial charge on any atom is 0.490 e. The van der Waals surface area contributed by atoms with E-state index in [1.807, 2.05) is 0 Å². The van der Waals surface area contributed by atoms with Crippen molar-refractivity contribution in [1.82, 2.24) is 0 Å². The van der Waals surface area contributed by atoms with Crippen molar-refractivity contribution in [2.45, 2.75) is 31.5 Å². The average Bonchev–Trinajstić information content (AvgIpc) is 2.51. The molecule has 1 saturated carbocycles. The molecule has 5 nitrogen and oxygen atoms in total. The van der Waals surface area contributed by atoms with E-state index in [4.69, 9.17) is 21.4 Å². The molecule has 94 valence electrons. The first-order valence-electron chi connectivity index (χ1n) is 4.49. The standard InChI is InChI=1S/C6H12N2O.C2HF3O2/c7-5-2-1-4(3-5)6(8)9;3-2(4,5)1(6)7/h4-5H,1-3,7H2,(H2,8,9);(H,6,7)/t4-,5-;/m1./s1. The number of aliphatic carboxylic acids is 1. The van der Waals surface area contributed by atoms with E-state index in [9.17, 15) is 18.0 Å². The van der Waals surface area contributed by atoms with Crippen LogP contribution in [0.2, 0.25) is 0 Å². The SMILES string of the molecule is NC(=O)[C@@H]1CC[C@@H](N)C1.O=C(O)C(F)(F)F. The number of carboxylic acid groups (broad SMARTS) is 1. The number of carbonyl (C=O) groups excluding carboxylic acids is 1. The second kappa shape index (κ2) is 5.69. The van der Waals surface area contributed by atoms with E-state index < -0.39 is 12.1 Å². The fourth-order valence-electron chi connectivity index (χ4n) is 1.27. The molecule has 5 N–H and O–H groups in total. The molecular weight excluding hydrogens is 229 g/mol. The number of rotatable bonds is 1. The molecule has 1 rings (SSSR count). The van der Waals surface area contributed by atoms with Crippen LogP contribution in [0.1, 0.15) is 19.3 Å². The minimum Gasteiger partial charge on any atom is -0.475 e. The van der Waals surface area contributed by atoms with Crippen LogP contribution in [0.3, 0.4) is 0 Å². The van der Waals surface area contributed by atoms with Crippen LogP contribution in [0.5, 0.6) is 0 Å². The maximum atomic E-state index is 10.6. The number of carbonyl (C=O) groups is 2. The van der Waals surface area contributed by atoms with Gasteiger partial charge < -0.3 is 16.6 Å². The van der Waals surface area contributed by atoms with Crippen molar-refractivity contribution in [3.8, 4) is 0 Å². The fraction of sp³-hybridized carbons (Fsp3) is 0.750. The molecule has 0 aliphatic heterocycles. The summed E-state index contributed by atoms with van der Waals surface area (Å²) in [6, 6.07) is 0.211. The zero-order valence-corrected chi connectivity index (χ0v) is 8.33. The molecule has 1 amide bonds. The van der Waals surface area contributed by atoms with Gasteiger partial charge in [0.15, 0.2) is 0 Å². The Balaban J connectivity index is 0.000000293. The molecule has 0 aromatic carbocycles. The van der Waals surface area contributed by atoms with Crippen LogP contribution >= 0.6 is 0 Å². The lowest BCUT2D eigenvalue weighted by Gasteiger charge is -2.01. The minimum absolute atomic E-state index is 0.0556. The van der Waals surface area contributed by atoms with Gasteiger partial charge in [0.2, 0.25) is 5.91 Å². The Morgan fingerprint density at radius 3 is 1.81 bits per heavy atom. The molecule has 1 aliphatic rings. The fourth-order valence-corrected chi connectivity index (χ4v) is 1.27. The predicted molar refractivity (Wildman–Crippen MR) is 48.2 cm³/mol. The van der Waals surface area contributed by atoms with Crippen molar-refractivity contribution in [3.63, 3.8) is 0 Å². The third-order valence-corrected chi connectivity index (χ3v) is 2.12. The van der Waals surface area contributed by atoms with Crippen molar-refractivity contribution >= 4 is 11.9 Å². The highest BCUT2D eigenvalue weighted by atomic mass is 19.4.